The lowest BCUT2D eigenvalue weighted by Crippen LogP contribution is -2.60. The smallest absolute Gasteiger partial charge is 0.219 e. The van der Waals surface area contributed by atoms with Crippen molar-refractivity contribution < 1.29 is 9.18 Å². The first kappa shape index (κ1) is 20.3. The van der Waals surface area contributed by atoms with Gasteiger partial charge in [0.2, 0.25) is 5.91 Å². The quantitative estimate of drug-likeness (QED) is 0.795. The SMILES string of the molecule is CC(=O)N1CCN(C2CCC[C@@H](NCC3Cc4c(F)ccc(C)c4N3)C2)C2(CC2)C1. The molecule has 2 aliphatic carbocycles. The highest BCUT2D eigenvalue weighted by molar-refractivity contribution is 5.73. The normalized spacial score (nSPS) is 30.2. The van der Waals surface area contributed by atoms with Crippen LogP contribution in [0.2, 0.25) is 0 Å². The van der Waals surface area contributed by atoms with Crippen molar-refractivity contribution >= 4 is 11.6 Å². The number of anilines is 1. The van der Waals surface area contributed by atoms with Gasteiger partial charge in [0.15, 0.2) is 0 Å². The summed E-state index contributed by atoms with van der Waals surface area (Å²) < 4.78 is 14.2. The van der Waals surface area contributed by atoms with E-state index in [2.05, 4.69) is 15.5 Å². The minimum Gasteiger partial charge on any atom is -0.380 e. The number of nitrogens with zero attached hydrogens (tertiary/aromatic N) is 2. The number of fused-ring (bicyclic) bond motifs is 1. The van der Waals surface area contributed by atoms with Gasteiger partial charge in [-0.05, 0) is 57.1 Å². The second-order valence-electron chi connectivity index (χ2n) is 10.0. The third kappa shape index (κ3) is 3.73. The maximum Gasteiger partial charge on any atom is 0.219 e. The molecule has 2 aliphatic heterocycles. The molecule has 5 nitrogen and oxygen atoms in total. The van der Waals surface area contributed by atoms with Gasteiger partial charge in [-0.2, -0.15) is 0 Å². The van der Waals surface area contributed by atoms with Crippen molar-refractivity contribution in [1.82, 2.24) is 15.1 Å². The number of piperazine rings is 1. The van der Waals surface area contributed by atoms with Crippen LogP contribution in [0, 0.1) is 12.7 Å². The lowest BCUT2D eigenvalue weighted by Gasteiger charge is -2.48. The van der Waals surface area contributed by atoms with Crippen LogP contribution in [-0.2, 0) is 11.2 Å². The molecule has 1 saturated heterocycles. The van der Waals surface area contributed by atoms with E-state index >= 15 is 0 Å². The van der Waals surface area contributed by atoms with Crippen LogP contribution in [0.4, 0.5) is 10.1 Å². The van der Waals surface area contributed by atoms with E-state index in [0.29, 0.717) is 12.1 Å². The first-order valence-electron chi connectivity index (χ1n) is 11.8. The Morgan fingerprint density at radius 2 is 2.13 bits per heavy atom. The predicted octanol–water partition coefficient (Wildman–Crippen LogP) is 3.07. The summed E-state index contributed by atoms with van der Waals surface area (Å²) in [6.45, 7) is 7.46. The number of hydrogen-bond donors (Lipinski definition) is 2. The van der Waals surface area contributed by atoms with E-state index in [1.54, 1.807) is 13.0 Å². The molecule has 1 aromatic carbocycles. The van der Waals surface area contributed by atoms with Gasteiger partial charge in [0.25, 0.3) is 0 Å². The van der Waals surface area contributed by atoms with Crippen molar-refractivity contribution in [2.24, 2.45) is 0 Å². The molecule has 4 aliphatic rings. The van der Waals surface area contributed by atoms with E-state index in [9.17, 15) is 9.18 Å². The number of carbonyl (C=O) groups excluding carboxylic acids is 1. The van der Waals surface area contributed by atoms with Gasteiger partial charge in [-0.15, -0.1) is 0 Å². The Labute approximate surface area is 179 Å². The molecule has 0 radical (unpaired) electrons. The van der Waals surface area contributed by atoms with Gasteiger partial charge in [-0.25, -0.2) is 4.39 Å². The van der Waals surface area contributed by atoms with E-state index in [0.717, 1.165) is 49.4 Å². The number of amides is 1. The Morgan fingerprint density at radius 1 is 1.30 bits per heavy atom. The molecule has 30 heavy (non-hydrogen) atoms. The largest absolute Gasteiger partial charge is 0.380 e. The maximum absolute atomic E-state index is 14.2. The van der Waals surface area contributed by atoms with E-state index < -0.39 is 0 Å². The highest BCUT2D eigenvalue weighted by atomic mass is 19.1. The highest BCUT2D eigenvalue weighted by Gasteiger charge is 2.53. The molecule has 1 amide bonds. The molecular weight excluding hydrogens is 379 g/mol. The summed E-state index contributed by atoms with van der Waals surface area (Å²) in [6, 6.07) is 4.88. The van der Waals surface area contributed by atoms with Crippen molar-refractivity contribution in [3.05, 3.63) is 29.1 Å². The van der Waals surface area contributed by atoms with Gasteiger partial charge in [-0.1, -0.05) is 12.5 Å². The molecule has 2 N–H and O–H groups in total. The number of nitrogens with one attached hydrogen (secondary N) is 2. The predicted molar refractivity (Wildman–Crippen MR) is 117 cm³/mol. The van der Waals surface area contributed by atoms with Crippen molar-refractivity contribution in [1.29, 1.82) is 0 Å². The molecule has 3 atom stereocenters. The molecule has 2 heterocycles. The summed E-state index contributed by atoms with van der Waals surface area (Å²) in [4.78, 5) is 16.7. The molecule has 3 fully saturated rings. The molecule has 1 spiro atoms. The minimum absolute atomic E-state index is 0.0808. The molecule has 164 valence electrons. The van der Waals surface area contributed by atoms with Crippen LogP contribution in [0.5, 0.6) is 0 Å². The number of rotatable bonds is 4. The topological polar surface area (TPSA) is 47.6 Å². The lowest BCUT2D eigenvalue weighted by atomic mass is 9.88. The van der Waals surface area contributed by atoms with Gasteiger partial charge in [0.05, 0.1) is 0 Å². The van der Waals surface area contributed by atoms with Crippen molar-refractivity contribution in [2.75, 3.05) is 31.5 Å². The van der Waals surface area contributed by atoms with Gasteiger partial charge < -0.3 is 15.5 Å². The van der Waals surface area contributed by atoms with Crippen LogP contribution in [0.15, 0.2) is 12.1 Å². The van der Waals surface area contributed by atoms with Crippen LogP contribution in [-0.4, -0.2) is 65.6 Å². The third-order valence-corrected chi connectivity index (χ3v) is 7.98. The minimum atomic E-state index is -0.0808. The Kier molecular flexibility index (Phi) is 5.26. The first-order chi connectivity index (χ1) is 14.4. The van der Waals surface area contributed by atoms with Crippen LogP contribution in [0.3, 0.4) is 0 Å². The molecule has 1 aromatic rings. The average Bonchev–Trinajstić information content (AvgIpc) is 3.34. The Morgan fingerprint density at radius 3 is 2.87 bits per heavy atom. The monoisotopic (exact) mass is 414 g/mol. The van der Waals surface area contributed by atoms with Crippen molar-refractivity contribution in [3.63, 3.8) is 0 Å². The summed E-state index contributed by atoms with van der Waals surface area (Å²) >= 11 is 0. The zero-order chi connectivity index (χ0) is 20.9. The molecular formula is C24H35FN4O. The standard InChI is InChI=1S/C24H35FN4O/c1-16-6-7-22(25)21-13-19(27-23(16)21)14-26-18-4-3-5-20(12-18)29-11-10-28(17(2)30)15-24(29)8-9-24/h6-7,18-20,26-27H,3-5,8-15H2,1-2H3/t18-,19?,20?/m1/s1. The first-order valence-corrected chi connectivity index (χ1v) is 11.8. The molecule has 5 rings (SSSR count). The molecule has 0 bridgehead atoms. The van der Waals surface area contributed by atoms with Crippen molar-refractivity contribution in [3.8, 4) is 0 Å². The average molecular weight is 415 g/mol. The fourth-order valence-electron chi connectivity index (χ4n) is 6.13. The van der Waals surface area contributed by atoms with E-state index in [1.165, 1.54) is 38.5 Å². The van der Waals surface area contributed by atoms with Gasteiger partial charge in [0, 0.05) is 68.0 Å². The fraction of sp³-hybridized carbons (Fsp3) is 0.708. The summed E-state index contributed by atoms with van der Waals surface area (Å²) in [5, 5.41) is 7.35. The number of aryl methyl sites for hydroxylation is 1. The van der Waals surface area contributed by atoms with Crippen LogP contribution in [0.1, 0.15) is 56.6 Å². The number of carbonyl (C=O) groups is 1. The van der Waals surface area contributed by atoms with E-state index in [1.807, 2.05) is 17.9 Å². The van der Waals surface area contributed by atoms with Crippen LogP contribution in [0.25, 0.3) is 0 Å². The Balaban J connectivity index is 1.16. The third-order valence-electron chi connectivity index (χ3n) is 7.98. The molecule has 2 saturated carbocycles. The zero-order valence-corrected chi connectivity index (χ0v) is 18.3. The second-order valence-corrected chi connectivity index (χ2v) is 10.0. The fourth-order valence-corrected chi connectivity index (χ4v) is 6.13. The summed E-state index contributed by atoms with van der Waals surface area (Å²) in [5.74, 6) is 0.142. The summed E-state index contributed by atoms with van der Waals surface area (Å²) in [7, 11) is 0. The highest BCUT2D eigenvalue weighted by Crippen LogP contribution is 2.47. The zero-order valence-electron chi connectivity index (χ0n) is 18.3. The molecule has 2 unspecified atom stereocenters. The van der Waals surface area contributed by atoms with Gasteiger partial charge in [-0.3, -0.25) is 9.69 Å². The van der Waals surface area contributed by atoms with Crippen molar-refractivity contribution in [2.45, 2.75) is 82.5 Å². The van der Waals surface area contributed by atoms with E-state index in [4.69, 9.17) is 0 Å². The van der Waals surface area contributed by atoms with Gasteiger partial charge >= 0.3 is 0 Å². The Hall–Kier alpha value is -1.66. The second kappa shape index (κ2) is 7.79. The number of benzene rings is 1. The number of hydrogen-bond acceptors (Lipinski definition) is 4. The van der Waals surface area contributed by atoms with Crippen LogP contribution >= 0.6 is 0 Å². The molecule has 6 heteroatoms. The summed E-state index contributed by atoms with van der Waals surface area (Å²) in [5.41, 5.74) is 3.25. The lowest BCUT2D eigenvalue weighted by molar-refractivity contribution is -0.133. The number of halogens is 1. The Bertz CT molecular complexity index is 793. The van der Waals surface area contributed by atoms with Crippen LogP contribution < -0.4 is 10.6 Å². The summed E-state index contributed by atoms with van der Waals surface area (Å²) in [6.07, 6.45) is 8.19. The van der Waals surface area contributed by atoms with E-state index in [-0.39, 0.29) is 23.3 Å². The van der Waals surface area contributed by atoms with Gasteiger partial charge in [0.1, 0.15) is 5.82 Å². The molecule has 0 aromatic heterocycles. The maximum atomic E-state index is 14.2.